The molecule has 1 heterocycles. The first-order valence-electron chi connectivity index (χ1n) is 3.40. The van der Waals surface area contributed by atoms with Gasteiger partial charge in [0.2, 0.25) is 0 Å². The predicted octanol–water partition coefficient (Wildman–Crippen LogP) is 0.940. The summed E-state index contributed by atoms with van der Waals surface area (Å²) in [4.78, 5) is 7.89. The van der Waals surface area contributed by atoms with Crippen molar-refractivity contribution >= 4 is 12.2 Å². The van der Waals surface area contributed by atoms with Gasteiger partial charge in [-0.15, -0.1) is 0 Å². The van der Waals surface area contributed by atoms with Crippen molar-refractivity contribution in [2.75, 3.05) is 6.54 Å². The number of rotatable bonds is 2. The van der Waals surface area contributed by atoms with E-state index in [1.54, 1.807) is 6.34 Å². The number of nitrogens with one attached hydrogen (secondary N) is 1. The first kappa shape index (κ1) is 6.99. The standard InChI is InChI=1S/C7H11N3/c1-2-3-4-9-7-5-8-6-10-7/h3-4,6H,2,5H2,1H3,(H,8,9,10)/b4-3-. The Morgan fingerprint density at radius 3 is 3.30 bits per heavy atom. The highest BCUT2D eigenvalue weighted by Gasteiger charge is 1.96. The third-order valence-electron chi connectivity index (χ3n) is 1.14. The maximum atomic E-state index is 3.97. The van der Waals surface area contributed by atoms with Crippen LogP contribution in [0.5, 0.6) is 0 Å². The van der Waals surface area contributed by atoms with Gasteiger partial charge in [0, 0.05) is 0 Å². The lowest BCUT2D eigenvalue weighted by atomic mass is 10.5. The zero-order chi connectivity index (χ0) is 7.23. The fourth-order valence-corrected chi connectivity index (χ4v) is 0.635. The molecule has 0 saturated carbocycles. The summed E-state index contributed by atoms with van der Waals surface area (Å²) in [5.74, 6) is 0.921. The fourth-order valence-electron chi connectivity index (χ4n) is 0.635. The summed E-state index contributed by atoms with van der Waals surface area (Å²) in [5, 5.41) is 3.03. The molecule has 0 unspecified atom stereocenters. The molecule has 1 aliphatic rings. The van der Waals surface area contributed by atoms with Crippen LogP contribution in [0.1, 0.15) is 13.3 Å². The Bertz CT molecular complexity index is 179. The van der Waals surface area contributed by atoms with E-state index in [-0.39, 0.29) is 0 Å². The molecule has 1 rings (SSSR count). The minimum atomic E-state index is 0.689. The van der Waals surface area contributed by atoms with Crippen LogP contribution in [0.15, 0.2) is 22.3 Å². The normalized spacial score (nSPS) is 16.3. The van der Waals surface area contributed by atoms with Crippen LogP contribution in [0.3, 0.4) is 0 Å². The molecule has 0 aliphatic carbocycles. The Labute approximate surface area is 60.6 Å². The topological polar surface area (TPSA) is 36.8 Å². The highest BCUT2D eigenvalue weighted by Crippen LogP contribution is 1.84. The predicted molar refractivity (Wildman–Crippen MR) is 43.4 cm³/mol. The van der Waals surface area contributed by atoms with Gasteiger partial charge in [0.1, 0.15) is 12.2 Å². The summed E-state index contributed by atoms with van der Waals surface area (Å²) in [6.45, 7) is 2.78. The Balaban J connectivity index is 2.21. The van der Waals surface area contributed by atoms with E-state index in [9.17, 15) is 0 Å². The minimum absolute atomic E-state index is 0.689. The maximum Gasteiger partial charge on any atom is 0.129 e. The van der Waals surface area contributed by atoms with Gasteiger partial charge in [-0.25, -0.2) is 4.99 Å². The van der Waals surface area contributed by atoms with Gasteiger partial charge in [0.25, 0.3) is 0 Å². The number of allylic oxidation sites excluding steroid dienone is 1. The second kappa shape index (κ2) is 3.82. The highest BCUT2D eigenvalue weighted by molar-refractivity contribution is 5.95. The average molecular weight is 137 g/mol. The van der Waals surface area contributed by atoms with E-state index < -0.39 is 0 Å². The van der Waals surface area contributed by atoms with E-state index in [0.29, 0.717) is 6.54 Å². The molecule has 0 atom stereocenters. The summed E-state index contributed by atoms with van der Waals surface area (Å²) in [5.41, 5.74) is 0. The SMILES string of the molecule is CC/C=C\NC1=NC=NC1. The molecular formula is C7H11N3. The van der Waals surface area contributed by atoms with E-state index >= 15 is 0 Å². The molecule has 3 nitrogen and oxygen atoms in total. The number of nitrogens with zero attached hydrogens (tertiary/aromatic N) is 2. The van der Waals surface area contributed by atoms with Crippen molar-refractivity contribution in [2.24, 2.45) is 9.98 Å². The minimum Gasteiger partial charge on any atom is -0.349 e. The molecule has 0 aromatic rings. The lowest BCUT2D eigenvalue weighted by Gasteiger charge is -1.94. The van der Waals surface area contributed by atoms with E-state index in [2.05, 4.69) is 22.2 Å². The number of aliphatic imine (C=N–C) groups is 2. The lowest BCUT2D eigenvalue weighted by Crippen LogP contribution is -2.17. The number of hydrogen-bond acceptors (Lipinski definition) is 3. The largest absolute Gasteiger partial charge is 0.349 e. The summed E-state index contributed by atoms with van der Waals surface area (Å²) in [6, 6.07) is 0. The molecule has 1 aliphatic heterocycles. The van der Waals surface area contributed by atoms with Gasteiger partial charge in [0.05, 0.1) is 6.54 Å². The van der Waals surface area contributed by atoms with Gasteiger partial charge in [0.15, 0.2) is 0 Å². The Morgan fingerprint density at radius 2 is 2.70 bits per heavy atom. The van der Waals surface area contributed by atoms with Crippen LogP contribution in [0, 0.1) is 0 Å². The van der Waals surface area contributed by atoms with E-state index in [4.69, 9.17) is 0 Å². The van der Waals surface area contributed by atoms with Crippen molar-refractivity contribution in [3.63, 3.8) is 0 Å². The van der Waals surface area contributed by atoms with Crippen molar-refractivity contribution in [3.8, 4) is 0 Å². The van der Waals surface area contributed by atoms with Gasteiger partial charge in [-0.2, -0.15) is 0 Å². The number of amidine groups is 1. The quantitative estimate of drug-likeness (QED) is 0.604. The number of hydrogen-bond donors (Lipinski definition) is 1. The average Bonchev–Trinajstić information content (AvgIpc) is 2.41. The van der Waals surface area contributed by atoms with Crippen LogP contribution >= 0.6 is 0 Å². The molecule has 3 heteroatoms. The molecule has 54 valence electrons. The molecular weight excluding hydrogens is 126 g/mol. The van der Waals surface area contributed by atoms with E-state index in [1.165, 1.54) is 0 Å². The van der Waals surface area contributed by atoms with Crippen LogP contribution in [0.4, 0.5) is 0 Å². The Hall–Kier alpha value is -1.12. The third-order valence-corrected chi connectivity index (χ3v) is 1.14. The monoisotopic (exact) mass is 137 g/mol. The zero-order valence-electron chi connectivity index (χ0n) is 6.04. The van der Waals surface area contributed by atoms with Gasteiger partial charge in [-0.1, -0.05) is 13.0 Å². The summed E-state index contributed by atoms with van der Waals surface area (Å²) in [6.07, 6.45) is 6.55. The van der Waals surface area contributed by atoms with Crippen LogP contribution < -0.4 is 5.32 Å². The Kier molecular flexibility index (Phi) is 2.67. The molecule has 1 N–H and O–H groups in total. The molecule has 0 aromatic heterocycles. The molecule has 0 aromatic carbocycles. The Morgan fingerprint density at radius 1 is 1.80 bits per heavy atom. The lowest BCUT2D eigenvalue weighted by molar-refractivity contribution is 1.15. The highest BCUT2D eigenvalue weighted by atomic mass is 15.1. The second-order valence-corrected chi connectivity index (χ2v) is 1.99. The van der Waals surface area contributed by atoms with Gasteiger partial charge in [-0.05, 0) is 12.6 Å². The smallest absolute Gasteiger partial charge is 0.129 e. The maximum absolute atomic E-state index is 3.97. The van der Waals surface area contributed by atoms with E-state index in [1.807, 2.05) is 12.3 Å². The summed E-state index contributed by atoms with van der Waals surface area (Å²) in [7, 11) is 0. The zero-order valence-corrected chi connectivity index (χ0v) is 6.04. The first-order valence-corrected chi connectivity index (χ1v) is 3.40. The van der Waals surface area contributed by atoms with Crippen LogP contribution in [0.2, 0.25) is 0 Å². The summed E-state index contributed by atoms with van der Waals surface area (Å²) < 4.78 is 0. The molecule has 0 spiro atoms. The van der Waals surface area contributed by atoms with Crippen molar-refractivity contribution in [2.45, 2.75) is 13.3 Å². The first-order chi connectivity index (χ1) is 4.93. The second-order valence-electron chi connectivity index (χ2n) is 1.99. The molecule has 0 fully saturated rings. The van der Waals surface area contributed by atoms with Gasteiger partial charge in [-0.3, -0.25) is 4.99 Å². The molecule has 10 heavy (non-hydrogen) atoms. The molecule has 0 amide bonds. The molecule has 0 bridgehead atoms. The van der Waals surface area contributed by atoms with Crippen molar-refractivity contribution in [3.05, 3.63) is 12.3 Å². The fraction of sp³-hybridized carbons (Fsp3) is 0.429. The molecule has 0 saturated heterocycles. The van der Waals surface area contributed by atoms with Gasteiger partial charge < -0.3 is 5.32 Å². The van der Waals surface area contributed by atoms with Crippen molar-refractivity contribution < 1.29 is 0 Å². The summed E-state index contributed by atoms with van der Waals surface area (Å²) >= 11 is 0. The van der Waals surface area contributed by atoms with Crippen molar-refractivity contribution in [1.82, 2.24) is 5.32 Å². The van der Waals surface area contributed by atoms with Crippen LogP contribution in [0.25, 0.3) is 0 Å². The van der Waals surface area contributed by atoms with Crippen molar-refractivity contribution in [1.29, 1.82) is 0 Å². The van der Waals surface area contributed by atoms with Gasteiger partial charge >= 0.3 is 0 Å². The van der Waals surface area contributed by atoms with Crippen LogP contribution in [-0.4, -0.2) is 18.7 Å². The van der Waals surface area contributed by atoms with E-state index in [0.717, 1.165) is 12.3 Å². The molecule has 0 radical (unpaired) electrons. The van der Waals surface area contributed by atoms with Crippen LogP contribution in [-0.2, 0) is 0 Å². The third kappa shape index (κ3) is 2.01.